The van der Waals surface area contributed by atoms with E-state index in [-0.39, 0.29) is 0 Å². The second-order valence-corrected chi connectivity index (χ2v) is 5.08. The summed E-state index contributed by atoms with van der Waals surface area (Å²) in [5.74, 6) is 0.854. The smallest absolute Gasteiger partial charge is 0.119 e. The summed E-state index contributed by atoms with van der Waals surface area (Å²) in [5, 5.41) is 8.80. The number of nitrogens with zero attached hydrogens (tertiary/aromatic N) is 1. The largest absolute Gasteiger partial charge is 0.494 e. The van der Waals surface area contributed by atoms with Crippen LogP contribution in [0.15, 0.2) is 48.5 Å². The maximum absolute atomic E-state index is 10.2. The zero-order valence-corrected chi connectivity index (χ0v) is 12.5. The van der Waals surface area contributed by atoms with Crippen LogP contribution in [0, 0.1) is 11.3 Å². The van der Waals surface area contributed by atoms with E-state index >= 15 is 0 Å². The molecule has 0 aliphatic carbocycles. The van der Waals surface area contributed by atoms with Crippen LogP contribution >= 0.6 is 0 Å². The molecule has 0 aliphatic rings. The fourth-order valence-electron chi connectivity index (χ4n) is 2.18. The lowest BCUT2D eigenvalue weighted by molar-refractivity contribution is -0.107. The molecule has 0 bridgehead atoms. The van der Waals surface area contributed by atoms with Crippen molar-refractivity contribution in [1.82, 2.24) is 0 Å². The molecule has 2 aromatic rings. The summed E-state index contributed by atoms with van der Waals surface area (Å²) >= 11 is 0. The van der Waals surface area contributed by atoms with Crippen LogP contribution in [0.4, 0.5) is 0 Å². The number of rotatable bonds is 8. The first-order valence-corrected chi connectivity index (χ1v) is 7.50. The Bertz CT molecular complexity index is 624. The van der Waals surface area contributed by atoms with E-state index in [1.54, 1.807) is 0 Å². The van der Waals surface area contributed by atoms with Gasteiger partial charge in [0.05, 0.1) is 18.2 Å². The maximum atomic E-state index is 10.2. The van der Waals surface area contributed by atoms with Crippen LogP contribution in [-0.2, 0) is 4.79 Å². The molecule has 0 atom stereocenters. The van der Waals surface area contributed by atoms with Crippen molar-refractivity contribution in [3.8, 4) is 22.9 Å². The molecule has 3 nitrogen and oxygen atoms in total. The number of unbranched alkanes of at least 4 members (excludes halogenated alkanes) is 3. The minimum absolute atomic E-state index is 0.638. The van der Waals surface area contributed by atoms with E-state index in [9.17, 15) is 4.79 Å². The van der Waals surface area contributed by atoms with Crippen LogP contribution in [-0.4, -0.2) is 12.9 Å². The molecule has 112 valence electrons. The molecular formula is C19H19NO2. The maximum Gasteiger partial charge on any atom is 0.119 e. The summed E-state index contributed by atoms with van der Waals surface area (Å²) in [6, 6.07) is 17.6. The minimum atomic E-state index is 0.638. The summed E-state index contributed by atoms with van der Waals surface area (Å²) in [6.45, 7) is 0.676. The van der Waals surface area contributed by atoms with Crippen molar-refractivity contribution in [2.75, 3.05) is 6.61 Å². The Balaban J connectivity index is 1.84. The van der Waals surface area contributed by atoms with Gasteiger partial charge in [0.1, 0.15) is 12.0 Å². The minimum Gasteiger partial charge on any atom is -0.494 e. The number of carbonyl (C=O) groups excluding carboxylic acids is 1. The molecular weight excluding hydrogens is 274 g/mol. The summed E-state index contributed by atoms with van der Waals surface area (Å²) in [6.07, 6.45) is 4.51. The average molecular weight is 293 g/mol. The van der Waals surface area contributed by atoms with Crippen molar-refractivity contribution < 1.29 is 9.53 Å². The molecule has 0 N–H and O–H groups in total. The van der Waals surface area contributed by atoms with Gasteiger partial charge in [0, 0.05) is 6.42 Å². The molecule has 0 spiro atoms. The molecule has 2 rings (SSSR count). The number of ether oxygens (including phenoxy) is 1. The van der Waals surface area contributed by atoms with Gasteiger partial charge in [-0.1, -0.05) is 24.3 Å². The van der Waals surface area contributed by atoms with Gasteiger partial charge < -0.3 is 9.53 Å². The van der Waals surface area contributed by atoms with Gasteiger partial charge in [-0.15, -0.1) is 0 Å². The first-order valence-electron chi connectivity index (χ1n) is 7.50. The van der Waals surface area contributed by atoms with E-state index in [1.165, 1.54) is 0 Å². The molecule has 0 fully saturated rings. The monoisotopic (exact) mass is 293 g/mol. The Hall–Kier alpha value is -2.60. The fraction of sp³-hybridized carbons (Fsp3) is 0.263. The second kappa shape index (κ2) is 8.63. The van der Waals surface area contributed by atoms with Gasteiger partial charge in [-0.25, -0.2) is 0 Å². The molecule has 0 saturated carbocycles. The second-order valence-electron chi connectivity index (χ2n) is 5.08. The Morgan fingerprint density at radius 1 is 0.909 bits per heavy atom. The Morgan fingerprint density at radius 3 is 2.14 bits per heavy atom. The molecule has 0 amide bonds. The van der Waals surface area contributed by atoms with Gasteiger partial charge >= 0.3 is 0 Å². The van der Waals surface area contributed by atoms with E-state index in [1.807, 2.05) is 48.5 Å². The number of carbonyl (C=O) groups is 1. The van der Waals surface area contributed by atoms with Crippen molar-refractivity contribution in [3.05, 3.63) is 54.1 Å². The number of benzene rings is 2. The number of nitriles is 1. The quantitative estimate of drug-likeness (QED) is 0.536. The van der Waals surface area contributed by atoms with Crippen molar-refractivity contribution in [1.29, 1.82) is 5.26 Å². The van der Waals surface area contributed by atoms with Crippen molar-refractivity contribution in [2.45, 2.75) is 25.7 Å². The van der Waals surface area contributed by atoms with Gasteiger partial charge in [-0.3, -0.25) is 0 Å². The average Bonchev–Trinajstić information content (AvgIpc) is 2.59. The van der Waals surface area contributed by atoms with Gasteiger partial charge in [0.15, 0.2) is 0 Å². The van der Waals surface area contributed by atoms with Gasteiger partial charge in [0.2, 0.25) is 0 Å². The highest BCUT2D eigenvalue weighted by molar-refractivity contribution is 5.64. The lowest BCUT2D eigenvalue weighted by Crippen LogP contribution is -1.97. The summed E-state index contributed by atoms with van der Waals surface area (Å²) in [4.78, 5) is 10.2. The van der Waals surface area contributed by atoms with Crippen molar-refractivity contribution >= 4 is 6.29 Å². The molecule has 0 aliphatic heterocycles. The predicted molar refractivity (Wildman–Crippen MR) is 86.6 cm³/mol. The van der Waals surface area contributed by atoms with Crippen LogP contribution in [0.5, 0.6) is 5.75 Å². The SMILES string of the molecule is N#Cc1ccc(-c2ccc(OCCCCCC=O)cc2)cc1. The first kappa shape index (κ1) is 15.8. The highest BCUT2D eigenvalue weighted by Crippen LogP contribution is 2.22. The molecule has 22 heavy (non-hydrogen) atoms. The molecule has 0 unspecified atom stereocenters. The Kier molecular flexibility index (Phi) is 6.19. The Labute approximate surface area is 131 Å². The fourth-order valence-corrected chi connectivity index (χ4v) is 2.18. The number of aldehydes is 1. The predicted octanol–water partition coefficient (Wildman–Crippen LogP) is 4.36. The van der Waals surface area contributed by atoms with Crippen molar-refractivity contribution in [2.24, 2.45) is 0 Å². The third kappa shape index (κ3) is 4.75. The van der Waals surface area contributed by atoms with Gasteiger partial charge in [-0.05, 0) is 54.7 Å². The molecule has 0 heterocycles. The highest BCUT2D eigenvalue weighted by Gasteiger charge is 1.99. The molecule has 0 aromatic heterocycles. The summed E-state index contributed by atoms with van der Waals surface area (Å²) < 4.78 is 5.68. The van der Waals surface area contributed by atoms with Crippen LogP contribution in [0.2, 0.25) is 0 Å². The van der Waals surface area contributed by atoms with E-state index in [2.05, 4.69) is 6.07 Å². The lowest BCUT2D eigenvalue weighted by Gasteiger charge is -2.07. The first-order chi connectivity index (χ1) is 10.8. The van der Waals surface area contributed by atoms with E-state index in [0.29, 0.717) is 18.6 Å². The van der Waals surface area contributed by atoms with Gasteiger partial charge in [0.25, 0.3) is 0 Å². The van der Waals surface area contributed by atoms with Crippen molar-refractivity contribution in [3.63, 3.8) is 0 Å². The highest BCUT2D eigenvalue weighted by atomic mass is 16.5. The topological polar surface area (TPSA) is 50.1 Å². The Morgan fingerprint density at radius 2 is 1.55 bits per heavy atom. The van der Waals surface area contributed by atoms with Crippen LogP contribution in [0.25, 0.3) is 11.1 Å². The zero-order chi connectivity index (χ0) is 15.6. The van der Waals surface area contributed by atoms with E-state index in [4.69, 9.17) is 10.00 Å². The van der Waals surface area contributed by atoms with E-state index in [0.717, 1.165) is 42.4 Å². The lowest BCUT2D eigenvalue weighted by atomic mass is 10.0. The van der Waals surface area contributed by atoms with Crippen LogP contribution in [0.1, 0.15) is 31.2 Å². The van der Waals surface area contributed by atoms with Crippen LogP contribution in [0.3, 0.4) is 0 Å². The standard InChI is InChI=1S/C19H19NO2/c20-15-16-5-7-17(8-6-16)18-9-11-19(12-10-18)22-14-4-2-1-3-13-21/h5-13H,1-4,14H2. The third-order valence-electron chi connectivity index (χ3n) is 3.44. The molecule has 2 aromatic carbocycles. The van der Waals surface area contributed by atoms with Crippen LogP contribution < -0.4 is 4.74 Å². The summed E-state index contributed by atoms with van der Waals surface area (Å²) in [5.41, 5.74) is 2.85. The molecule has 0 radical (unpaired) electrons. The van der Waals surface area contributed by atoms with E-state index < -0.39 is 0 Å². The zero-order valence-electron chi connectivity index (χ0n) is 12.5. The van der Waals surface area contributed by atoms with Gasteiger partial charge in [-0.2, -0.15) is 5.26 Å². The summed E-state index contributed by atoms with van der Waals surface area (Å²) in [7, 11) is 0. The molecule has 0 saturated heterocycles. The number of hydrogen-bond donors (Lipinski definition) is 0. The third-order valence-corrected chi connectivity index (χ3v) is 3.44. The normalized spacial score (nSPS) is 9.95. The molecule has 3 heteroatoms. The number of hydrogen-bond acceptors (Lipinski definition) is 3.